The fraction of sp³-hybridized carbons (Fsp3) is 0.400. The first kappa shape index (κ1) is 32.1. The van der Waals surface area contributed by atoms with E-state index in [1.165, 1.54) is 11.3 Å². The minimum absolute atomic E-state index is 0.187. The summed E-state index contributed by atoms with van der Waals surface area (Å²) in [5, 5.41) is 9.61. The molecule has 2 atom stereocenters. The number of unbranched alkanes of at least 4 members (excludes halogenated alkanes) is 1. The molecule has 0 aliphatic rings. The first-order chi connectivity index (χ1) is 19.5. The summed E-state index contributed by atoms with van der Waals surface area (Å²) in [6.07, 6.45) is 0.637. The number of nitrogens with one attached hydrogen (secondary N) is 3. The van der Waals surface area contributed by atoms with E-state index in [2.05, 4.69) is 16.0 Å². The number of thiophene rings is 1. The maximum atomic E-state index is 13.5. The molecule has 1 heterocycles. The molecule has 0 aliphatic heterocycles. The number of ether oxygens (including phenoxy) is 2. The summed E-state index contributed by atoms with van der Waals surface area (Å²) >= 11 is 1.35. The Morgan fingerprint density at radius 2 is 1.59 bits per heavy atom. The van der Waals surface area contributed by atoms with E-state index in [-0.39, 0.29) is 18.0 Å². The van der Waals surface area contributed by atoms with E-state index in [1.54, 1.807) is 57.2 Å². The Balaban J connectivity index is 1.58. The number of hydrogen-bond acceptors (Lipinski definition) is 8. The van der Waals surface area contributed by atoms with Gasteiger partial charge in [0.25, 0.3) is 0 Å². The average molecular weight is 602 g/mol. The smallest absolute Gasteiger partial charge is 0.407 e. The minimum Gasteiger partial charge on any atom is -0.450 e. The third-order valence-electron chi connectivity index (χ3n) is 5.91. The summed E-state index contributed by atoms with van der Waals surface area (Å²) in [4.78, 5) is 25.5. The summed E-state index contributed by atoms with van der Waals surface area (Å²) in [7, 11) is -3.75. The number of sulfone groups is 1. The molecule has 0 spiro atoms. The Labute approximate surface area is 246 Å². The van der Waals surface area contributed by atoms with Crippen molar-refractivity contribution >= 4 is 33.4 Å². The van der Waals surface area contributed by atoms with Gasteiger partial charge in [0.15, 0.2) is 9.84 Å². The van der Waals surface area contributed by atoms with Crippen LogP contribution in [0, 0.1) is 0 Å². The molecule has 9 nitrogen and oxygen atoms in total. The van der Waals surface area contributed by atoms with Gasteiger partial charge in [0.05, 0.1) is 11.5 Å². The summed E-state index contributed by atoms with van der Waals surface area (Å²) in [5.41, 5.74) is 0.294. The normalized spacial score (nSPS) is 13.1. The van der Waals surface area contributed by atoms with Gasteiger partial charge in [0.2, 0.25) is 0 Å². The van der Waals surface area contributed by atoms with Crippen LogP contribution < -0.4 is 16.0 Å². The van der Waals surface area contributed by atoms with Crippen LogP contribution in [0.4, 0.5) is 9.59 Å². The number of carbonyl (C=O) groups excluding carboxylic acids is 2. The summed E-state index contributed by atoms with van der Waals surface area (Å²) in [6, 6.07) is 21.0. The molecule has 3 rings (SSSR count). The van der Waals surface area contributed by atoms with Crippen molar-refractivity contribution in [3.63, 3.8) is 0 Å². The van der Waals surface area contributed by atoms with Crippen LogP contribution in [0.1, 0.15) is 55.8 Å². The van der Waals surface area contributed by atoms with Crippen LogP contribution in [-0.4, -0.2) is 45.4 Å². The topological polar surface area (TPSA) is 123 Å². The minimum atomic E-state index is -3.75. The van der Waals surface area contributed by atoms with Crippen LogP contribution in [-0.2, 0) is 25.9 Å². The molecule has 0 aliphatic carbocycles. The molecule has 0 bridgehead atoms. The predicted octanol–water partition coefficient (Wildman–Crippen LogP) is 5.80. The molecule has 0 saturated heterocycles. The summed E-state index contributed by atoms with van der Waals surface area (Å²) in [5.74, 6) is 0. The van der Waals surface area contributed by atoms with E-state index < -0.39 is 39.0 Å². The molecular weight excluding hydrogens is 562 g/mol. The molecular formula is C30H39N3O6S2. The second kappa shape index (κ2) is 15.6. The standard InChI is InChI=1S/C30H39N3O6S2/c1-30(2,3)39-29(35)33-24(15-10-11-19-38-28(34)32-21-23-13-6-4-7-14-23)22-31-27(26-18-12-20-40-26)41(36,37)25-16-8-5-9-17-25/h4-9,12-14,16-18,20,24,27,31H,10-11,15,19,21-22H2,1-3H3,(H,32,34)(H,33,35)/t24-,27-/m0/s1. The van der Waals surface area contributed by atoms with E-state index >= 15 is 0 Å². The van der Waals surface area contributed by atoms with E-state index in [4.69, 9.17) is 9.47 Å². The van der Waals surface area contributed by atoms with Gasteiger partial charge in [-0.3, -0.25) is 5.32 Å². The van der Waals surface area contributed by atoms with Crippen molar-refractivity contribution in [1.82, 2.24) is 16.0 Å². The molecule has 0 unspecified atom stereocenters. The number of amides is 2. The number of benzene rings is 2. The van der Waals surface area contributed by atoms with Crippen LogP contribution >= 0.6 is 11.3 Å². The lowest BCUT2D eigenvalue weighted by molar-refractivity contribution is 0.0500. The number of alkyl carbamates (subject to hydrolysis) is 2. The van der Waals surface area contributed by atoms with Gasteiger partial charge in [-0.15, -0.1) is 11.3 Å². The Hall–Kier alpha value is -3.41. The highest BCUT2D eigenvalue weighted by Crippen LogP contribution is 2.29. The zero-order valence-electron chi connectivity index (χ0n) is 23.7. The van der Waals surface area contributed by atoms with Crippen molar-refractivity contribution in [2.75, 3.05) is 13.2 Å². The van der Waals surface area contributed by atoms with E-state index in [9.17, 15) is 18.0 Å². The molecule has 2 amide bonds. The van der Waals surface area contributed by atoms with Gasteiger partial charge in [0, 0.05) is 24.0 Å². The fourth-order valence-corrected chi connectivity index (χ4v) is 6.71. The maximum absolute atomic E-state index is 13.5. The lowest BCUT2D eigenvalue weighted by atomic mass is 10.1. The van der Waals surface area contributed by atoms with Crippen LogP contribution in [0.3, 0.4) is 0 Å². The van der Waals surface area contributed by atoms with E-state index in [0.717, 1.165) is 5.56 Å². The Morgan fingerprint density at radius 1 is 0.902 bits per heavy atom. The molecule has 0 saturated carbocycles. The van der Waals surface area contributed by atoms with E-state index in [1.807, 2.05) is 41.8 Å². The highest BCUT2D eigenvalue weighted by Gasteiger charge is 2.30. The highest BCUT2D eigenvalue weighted by atomic mass is 32.2. The van der Waals surface area contributed by atoms with Gasteiger partial charge >= 0.3 is 12.2 Å². The molecule has 3 N–H and O–H groups in total. The zero-order valence-corrected chi connectivity index (χ0v) is 25.3. The Kier molecular flexibility index (Phi) is 12.2. The first-order valence-corrected chi connectivity index (χ1v) is 16.0. The quantitative estimate of drug-likeness (QED) is 0.200. The number of carbonyl (C=O) groups is 2. The lowest BCUT2D eigenvalue weighted by Gasteiger charge is -2.26. The van der Waals surface area contributed by atoms with Gasteiger partial charge in [0.1, 0.15) is 11.0 Å². The number of hydrogen-bond donors (Lipinski definition) is 3. The summed E-state index contributed by atoms with van der Waals surface area (Å²) < 4.78 is 37.8. The summed E-state index contributed by atoms with van der Waals surface area (Å²) in [6.45, 7) is 6.11. The van der Waals surface area contributed by atoms with Crippen molar-refractivity contribution < 1.29 is 27.5 Å². The highest BCUT2D eigenvalue weighted by molar-refractivity contribution is 7.91. The fourth-order valence-electron chi connectivity index (χ4n) is 3.98. The van der Waals surface area contributed by atoms with Crippen LogP contribution in [0.25, 0.3) is 0 Å². The van der Waals surface area contributed by atoms with Crippen molar-refractivity contribution in [2.45, 2.75) is 68.5 Å². The van der Waals surface area contributed by atoms with Gasteiger partial charge in [-0.2, -0.15) is 0 Å². The second-order valence-electron chi connectivity index (χ2n) is 10.5. The third kappa shape index (κ3) is 11.2. The molecule has 41 heavy (non-hydrogen) atoms. The molecule has 0 radical (unpaired) electrons. The van der Waals surface area contributed by atoms with Crippen molar-refractivity contribution in [3.05, 3.63) is 88.6 Å². The third-order valence-corrected chi connectivity index (χ3v) is 8.97. The van der Waals surface area contributed by atoms with Gasteiger partial charge in [-0.1, -0.05) is 54.6 Å². The van der Waals surface area contributed by atoms with Crippen molar-refractivity contribution in [1.29, 1.82) is 0 Å². The average Bonchev–Trinajstić information content (AvgIpc) is 3.46. The van der Waals surface area contributed by atoms with E-state index in [0.29, 0.717) is 30.7 Å². The molecule has 11 heteroatoms. The second-order valence-corrected chi connectivity index (χ2v) is 13.5. The molecule has 3 aromatic rings. The SMILES string of the molecule is CC(C)(C)OC(=O)N[C@@H](CCCCOC(=O)NCc1ccccc1)CN[C@H](c1cccs1)S(=O)(=O)c1ccccc1. The van der Waals surface area contributed by atoms with Gasteiger partial charge in [-0.05, 0) is 69.2 Å². The number of rotatable bonds is 14. The Morgan fingerprint density at radius 3 is 2.22 bits per heavy atom. The van der Waals surface area contributed by atoms with Gasteiger partial charge in [-0.25, -0.2) is 18.0 Å². The Bertz CT molecular complexity index is 1310. The molecule has 1 aromatic heterocycles. The maximum Gasteiger partial charge on any atom is 0.407 e. The molecule has 0 fully saturated rings. The molecule has 2 aromatic carbocycles. The van der Waals surface area contributed by atoms with Crippen molar-refractivity contribution in [3.8, 4) is 0 Å². The predicted molar refractivity (Wildman–Crippen MR) is 160 cm³/mol. The molecule has 222 valence electrons. The lowest BCUT2D eigenvalue weighted by Crippen LogP contribution is -2.45. The largest absolute Gasteiger partial charge is 0.450 e. The zero-order chi connectivity index (χ0) is 29.7. The van der Waals surface area contributed by atoms with Crippen molar-refractivity contribution in [2.24, 2.45) is 0 Å². The van der Waals surface area contributed by atoms with Crippen LogP contribution in [0.5, 0.6) is 0 Å². The first-order valence-electron chi connectivity index (χ1n) is 13.5. The van der Waals surface area contributed by atoms with Gasteiger partial charge < -0.3 is 20.1 Å². The van der Waals surface area contributed by atoms with Crippen LogP contribution in [0.15, 0.2) is 83.1 Å². The van der Waals surface area contributed by atoms with Crippen LogP contribution in [0.2, 0.25) is 0 Å². The monoisotopic (exact) mass is 601 g/mol.